The van der Waals surface area contributed by atoms with Crippen LogP contribution in [0, 0.1) is 6.92 Å². The molecule has 1 aliphatic heterocycles. The highest BCUT2D eigenvalue weighted by Crippen LogP contribution is 2.38. The van der Waals surface area contributed by atoms with Gasteiger partial charge in [0.2, 0.25) is 11.8 Å². The van der Waals surface area contributed by atoms with Crippen molar-refractivity contribution in [3.8, 4) is 0 Å². The summed E-state index contributed by atoms with van der Waals surface area (Å²) in [5.41, 5.74) is 3.00. The normalized spacial score (nSPS) is 22.0. The smallest absolute Gasteiger partial charge is 0.234 e. The lowest BCUT2D eigenvalue weighted by Crippen LogP contribution is -2.43. The maximum absolute atomic E-state index is 12.3. The number of carbonyl (C=O) groups is 2. The summed E-state index contributed by atoms with van der Waals surface area (Å²) in [6.07, 6.45) is 3.73. The van der Waals surface area contributed by atoms with E-state index in [1.807, 2.05) is 43.3 Å². The molecule has 0 bridgehead atoms. The zero-order valence-corrected chi connectivity index (χ0v) is 11.7. The molecule has 1 aromatic carbocycles. The van der Waals surface area contributed by atoms with Crippen molar-refractivity contribution in [1.82, 2.24) is 10.3 Å². The number of imide groups is 1. The number of amides is 2. The Hall–Kier alpha value is -2.49. The van der Waals surface area contributed by atoms with E-state index in [1.165, 1.54) is 0 Å². The quantitative estimate of drug-likeness (QED) is 0.859. The van der Waals surface area contributed by atoms with Crippen molar-refractivity contribution in [3.63, 3.8) is 0 Å². The molecule has 4 heteroatoms. The second-order valence-corrected chi connectivity index (χ2v) is 5.40. The molecule has 2 heterocycles. The Morgan fingerprint density at radius 1 is 1.10 bits per heavy atom. The van der Waals surface area contributed by atoms with E-state index < -0.39 is 0 Å². The van der Waals surface area contributed by atoms with E-state index in [2.05, 4.69) is 10.3 Å². The van der Waals surface area contributed by atoms with Gasteiger partial charge in [0.25, 0.3) is 0 Å². The summed E-state index contributed by atoms with van der Waals surface area (Å²) in [6.45, 7) is 2.01. The maximum Gasteiger partial charge on any atom is 0.234 e. The van der Waals surface area contributed by atoms with Crippen LogP contribution in [0.1, 0.15) is 34.9 Å². The lowest BCUT2D eigenvalue weighted by Gasteiger charge is -2.30. The van der Waals surface area contributed by atoms with Gasteiger partial charge < -0.3 is 0 Å². The fraction of sp³-hybridized carbons (Fsp3) is 0.235. The van der Waals surface area contributed by atoms with Crippen LogP contribution in [0.3, 0.4) is 0 Å². The largest absolute Gasteiger partial charge is 0.296 e. The number of aromatic nitrogens is 1. The average Bonchev–Trinajstić information content (AvgIpc) is 2.49. The first-order chi connectivity index (χ1) is 10.1. The Kier molecular flexibility index (Phi) is 3.52. The predicted octanol–water partition coefficient (Wildman–Crippen LogP) is 2.30. The second-order valence-electron chi connectivity index (χ2n) is 5.40. The molecule has 0 saturated carbocycles. The van der Waals surface area contributed by atoms with Gasteiger partial charge in [-0.05, 0) is 24.1 Å². The summed E-state index contributed by atoms with van der Waals surface area (Å²) in [4.78, 5) is 28.2. The van der Waals surface area contributed by atoms with E-state index in [4.69, 9.17) is 0 Å². The van der Waals surface area contributed by atoms with Crippen molar-refractivity contribution in [2.24, 2.45) is 0 Å². The SMILES string of the molecule is Cc1ccc(C2C(=O)NC(=O)CC2c2cccnc2)cc1. The number of piperidine rings is 1. The number of aryl methyl sites for hydroxylation is 1. The number of pyridine rings is 1. The van der Waals surface area contributed by atoms with Crippen molar-refractivity contribution in [3.05, 3.63) is 65.5 Å². The van der Waals surface area contributed by atoms with Crippen LogP contribution < -0.4 is 5.32 Å². The standard InChI is InChI=1S/C17H16N2O2/c1-11-4-6-12(7-5-11)16-14(9-15(20)19-17(16)21)13-3-2-8-18-10-13/h2-8,10,14,16H,9H2,1H3,(H,19,20,21). The fourth-order valence-electron chi connectivity index (χ4n) is 2.83. The molecule has 21 heavy (non-hydrogen) atoms. The first-order valence-corrected chi connectivity index (χ1v) is 6.95. The molecule has 2 aromatic rings. The van der Waals surface area contributed by atoms with Crippen LogP contribution >= 0.6 is 0 Å². The predicted molar refractivity (Wildman–Crippen MR) is 78.7 cm³/mol. The van der Waals surface area contributed by atoms with Gasteiger partial charge in [0.05, 0.1) is 5.92 Å². The van der Waals surface area contributed by atoms with Gasteiger partial charge in [-0.3, -0.25) is 19.9 Å². The van der Waals surface area contributed by atoms with Crippen LogP contribution in [0.2, 0.25) is 0 Å². The lowest BCUT2D eigenvalue weighted by molar-refractivity contribution is -0.135. The van der Waals surface area contributed by atoms with E-state index in [0.29, 0.717) is 6.42 Å². The van der Waals surface area contributed by atoms with E-state index in [-0.39, 0.29) is 23.7 Å². The molecule has 2 atom stereocenters. The Labute approximate surface area is 123 Å². The highest BCUT2D eigenvalue weighted by molar-refractivity contribution is 6.02. The molecule has 1 aliphatic rings. The Morgan fingerprint density at radius 2 is 1.86 bits per heavy atom. The molecule has 1 fully saturated rings. The van der Waals surface area contributed by atoms with Gasteiger partial charge >= 0.3 is 0 Å². The fourth-order valence-corrected chi connectivity index (χ4v) is 2.83. The summed E-state index contributed by atoms with van der Waals surface area (Å²) in [5, 5.41) is 2.44. The molecule has 0 radical (unpaired) electrons. The molecule has 0 aliphatic carbocycles. The molecule has 1 aromatic heterocycles. The minimum Gasteiger partial charge on any atom is -0.296 e. The molecule has 0 spiro atoms. The van der Waals surface area contributed by atoms with Gasteiger partial charge in [-0.1, -0.05) is 35.9 Å². The third-order valence-electron chi connectivity index (χ3n) is 3.90. The van der Waals surface area contributed by atoms with Crippen molar-refractivity contribution < 1.29 is 9.59 Å². The monoisotopic (exact) mass is 280 g/mol. The van der Waals surface area contributed by atoms with Crippen LogP contribution in [-0.2, 0) is 9.59 Å². The number of benzene rings is 1. The first-order valence-electron chi connectivity index (χ1n) is 6.95. The van der Waals surface area contributed by atoms with Crippen LogP contribution in [-0.4, -0.2) is 16.8 Å². The van der Waals surface area contributed by atoms with Crippen LogP contribution in [0.4, 0.5) is 0 Å². The highest BCUT2D eigenvalue weighted by Gasteiger charge is 2.37. The van der Waals surface area contributed by atoms with Crippen molar-refractivity contribution in [2.45, 2.75) is 25.2 Å². The highest BCUT2D eigenvalue weighted by atomic mass is 16.2. The number of nitrogens with one attached hydrogen (secondary N) is 1. The summed E-state index contributed by atoms with van der Waals surface area (Å²) >= 11 is 0. The van der Waals surface area contributed by atoms with E-state index in [9.17, 15) is 9.59 Å². The van der Waals surface area contributed by atoms with E-state index in [0.717, 1.165) is 16.7 Å². The zero-order chi connectivity index (χ0) is 14.8. The first kappa shape index (κ1) is 13.5. The molecule has 2 amide bonds. The summed E-state index contributed by atoms with van der Waals surface area (Å²) in [7, 11) is 0. The van der Waals surface area contributed by atoms with Gasteiger partial charge in [0.15, 0.2) is 0 Å². The molecule has 1 N–H and O–H groups in total. The average molecular weight is 280 g/mol. The summed E-state index contributed by atoms with van der Waals surface area (Å²) in [5.74, 6) is -0.976. The van der Waals surface area contributed by atoms with E-state index in [1.54, 1.807) is 12.4 Å². The van der Waals surface area contributed by atoms with Gasteiger partial charge in [0, 0.05) is 24.7 Å². The molecule has 1 saturated heterocycles. The van der Waals surface area contributed by atoms with Gasteiger partial charge in [-0.2, -0.15) is 0 Å². The van der Waals surface area contributed by atoms with Gasteiger partial charge in [0.1, 0.15) is 0 Å². The molecular formula is C17H16N2O2. The zero-order valence-electron chi connectivity index (χ0n) is 11.7. The van der Waals surface area contributed by atoms with Crippen molar-refractivity contribution in [2.75, 3.05) is 0 Å². The second kappa shape index (κ2) is 5.48. The van der Waals surface area contributed by atoms with E-state index >= 15 is 0 Å². The van der Waals surface area contributed by atoms with Gasteiger partial charge in [-0.15, -0.1) is 0 Å². The van der Waals surface area contributed by atoms with Crippen molar-refractivity contribution >= 4 is 11.8 Å². The van der Waals surface area contributed by atoms with Gasteiger partial charge in [-0.25, -0.2) is 0 Å². The Balaban J connectivity index is 2.03. The third kappa shape index (κ3) is 2.70. The molecular weight excluding hydrogens is 264 g/mol. The lowest BCUT2D eigenvalue weighted by atomic mass is 9.77. The summed E-state index contributed by atoms with van der Waals surface area (Å²) in [6, 6.07) is 11.6. The molecule has 2 unspecified atom stereocenters. The van der Waals surface area contributed by atoms with Crippen LogP contribution in [0.5, 0.6) is 0 Å². The molecule has 4 nitrogen and oxygen atoms in total. The number of nitrogens with zero attached hydrogens (tertiary/aromatic N) is 1. The topological polar surface area (TPSA) is 59.1 Å². The van der Waals surface area contributed by atoms with Crippen LogP contribution in [0.25, 0.3) is 0 Å². The molecule has 106 valence electrons. The maximum atomic E-state index is 12.3. The summed E-state index contributed by atoms with van der Waals surface area (Å²) < 4.78 is 0. The number of hydrogen-bond acceptors (Lipinski definition) is 3. The number of rotatable bonds is 2. The van der Waals surface area contributed by atoms with Crippen molar-refractivity contribution in [1.29, 1.82) is 0 Å². The third-order valence-corrected chi connectivity index (χ3v) is 3.90. The Bertz CT molecular complexity index is 665. The minimum absolute atomic E-state index is 0.164. The van der Waals surface area contributed by atoms with Crippen LogP contribution in [0.15, 0.2) is 48.8 Å². The molecule has 3 rings (SSSR count). The Morgan fingerprint density at radius 3 is 2.52 bits per heavy atom. The number of hydrogen-bond donors (Lipinski definition) is 1. The number of carbonyl (C=O) groups excluding carboxylic acids is 2. The minimum atomic E-state index is -0.354.